The number of hydrogen-bond acceptors (Lipinski definition) is 6. The maximum absolute atomic E-state index is 13.0. The highest BCUT2D eigenvalue weighted by Crippen LogP contribution is 2.32. The Bertz CT molecular complexity index is 1220. The molecule has 194 valence electrons. The minimum Gasteiger partial charge on any atom is -0.462 e. The summed E-state index contributed by atoms with van der Waals surface area (Å²) >= 11 is 6.24. The number of nitrogens with one attached hydrogen (secondary N) is 2. The van der Waals surface area contributed by atoms with E-state index in [1.165, 1.54) is 4.90 Å². The van der Waals surface area contributed by atoms with E-state index >= 15 is 0 Å². The van der Waals surface area contributed by atoms with E-state index in [4.69, 9.17) is 16.3 Å². The molecule has 0 unspecified atom stereocenters. The standard InChI is InChI=1S/C28H30ClN3O5/c1-2-3-16-37-28(36)19-8-7-9-21(17-19)31-25(33)18-12-14-20(15-13-18)30-24-23(29)26(34)32(27(24)35)22-10-5-4-6-11-22/h7-9,12-15,17,22,30H,2-6,10-11,16H2,1H3,(H,31,33). The Hall–Kier alpha value is -3.65. The predicted molar refractivity (Wildman–Crippen MR) is 141 cm³/mol. The number of esters is 1. The number of hydrogen-bond donors (Lipinski definition) is 2. The minimum atomic E-state index is -0.464. The lowest BCUT2D eigenvalue weighted by Gasteiger charge is -2.29. The first kappa shape index (κ1) is 26.4. The highest BCUT2D eigenvalue weighted by atomic mass is 35.5. The van der Waals surface area contributed by atoms with E-state index in [1.807, 2.05) is 6.92 Å². The second-order valence-corrected chi connectivity index (χ2v) is 9.57. The highest BCUT2D eigenvalue weighted by molar-refractivity contribution is 6.48. The van der Waals surface area contributed by atoms with E-state index in [-0.39, 0.29) is 22.7 Å². The van der Waals surface area contributed by atoms with Gasteiger partial charge in [-0.25, -0.2) is 4.79 Å². The number of halogens is 1. The molecule has 2 N–H and O–H groups in total. The topological polar surface area (TPSA) is 105 Å². The van der Waals surface area contributed by atoms with Crippen LogP contribution >= 0.6 is 11.6 Å². The quantitative estimate of drug-likeness (QED) is 0.257. The van der Waals surface area contributed by atoms with Crippen molar-refractivity contribution in [3.05, 3.63) is 70.4 Å². The molecule has 0 spiro atoms. The summed E-state index contributed by atoms with van der Waals surface area (Å²) in [7, 11) is 0. The van der Waals surface area contributed by atoms with Crippen LogP contribution in [-0.2, 0) is 14.3 Å². The molecule has 2 aliphatic rings. The second kappa shape index (κ2) is 12.1. The molecule has 9 heteroatoms. The van der Waals surface area contributed by atoms with Gasteiger partial charge in [-0.1, -0.05) is 50.3 Å². The minimum absolute atomic E-state index is 0.0529. The first-order valence-corrected chi connectivity index (χ1v) is 13.0. The molecular formula is C28H30ClN3O5. The summed E-state index contributed by atoms with van der Waals surface area (Å²) in [5.41, 5.74) is 1.77. The number of rotatable bonds is 9. The van der Waals surface area contributed by atoms with E-state index in [0.717, 1.165) is 44.9 Å². The van der Waals surface area contributed by atoms with Gasteiger partial charge in [-0.05, 0) is 61.7 Å². The van der Waals surface area contributed by atoms with Gasteiger partial charge in [-0.3, -0.25) is 19.3 Å². The van der Waals surface area contributed by atoms with E-state index in [9.17, 15) is 19.2 Å². The molecule has 0 bridgehead atoms. The molecule has 3 amide bonds. The molecule has 4 rings (SSSR count). The number of amides is 3. The Morgan fingerprint density at radius 3 is 2.41 bits per heavy atom. The van der Waals surface area contributed by atoms with Gasteiger partial charge in [0.25, 0.3) is 17.7 Å². The van der Waals surface area contributed by atoms with E-state index in [2.05, 4.69) is 10.6 Å². The number of ether oxygens (including phenoxy) is 1. The van der Waals surface area contributed by atoms with Gasteiger partial charge in [0, 0.05) is 23.0 Å². The molecule has 1 saturated carbocycles. The fraction of sp³-hybridized carbons (Fsp3) is 0.357. The van der Waals surface area contributed by atoms with E-state index in [0.29, 0.717) is 29.1 Å². The normalized spacial score (nSPS) is 16.2. The third-order valence-electron chi connectivity index (χ3n) is 6.50. The van der Waals surface area contributed by atoms with Crippen LogP contribution < -0.4 is 10.6 Å². The molecule has 1 fully saturated rings. The number of benzene rings is 2. The molecule has 2 aromatic rings. The molecule has 0 aromatic heterocycles. The summed E-state index contributed by atoms with van der Waals surface area (Å²) in [6, 6.07) is 12.9. The van der Waals surface area contributed by atoms with Crippen molar-refractivity contribution in [1.82, 2.24) is 4.90 Å². The van der Waals surface area contributed by atoms with Crippen LogP contribution in [0.4, 0.5) is 11.4 Å². The van der Waals surface area contributed by atoms with Crippen LogP contribution in [0.15, 0.2) is 59.3 Å². The fourth-order valence-corrected chi connectivity index (χ4v) is 4.69. The number of unbranched alkanes of at least 4 members (excludes halogenated alkanes) is 1. The summed E-state index contributed by atoms with van der Waals surface area (Å²) in [6.07, 6.45) is 6.38. The summed E-state index contributed by atoms with van der Waals surface area (Å²) in [6.45, 7) is 2.37. The van der Waals surface area contributed by atoms with Crippen molar-refractivity contribution in [3.8, 4) is 0 Å². The number of anilines is 2. The van der Waals surface area contributed by atoms with Crippen molar-refractivity contribution in [3.63, 3.8) is 0 Å². The zero-order valence-corrected chi connectivity index (χ0v) is 21.5. The SMILES string of the molecule is CCCCOC(=O)c1cccc(NC(=O)c2ccc(NC3=C(Cl)C(=O)N(C4CCCCC4)C3=O)cc2)c1. The number of imide groups is 1. The smallest absolute Gasteiger partial charge is 0.338 e. The van der Waals surface area contributed by atoms with Gasteiger partial charge in [-0.15, -0.1) is 0 Å². The van der Waals surface area contributed by atoms with Crippen molar-refractivity contribution in [2.45, 2.75) is 57.9 Å². The Labute approximate surface area is 221 Å². The fourth-order valence-electron chi connectivity index (χ4n) is 4.47. The Kier molecular flexibility index (Phi) is 8.61. The number of carbonyl (C=O) groups is 4. The second-order valence-electron chi connectivity index (χ2n) is 9.19. The van der Waals surface area contributed by atoms with Crippen LogP contribution in [0.1, 0.15) is 72.6 Å². The van der Waals surface area contributed by atoms with Crippen molar-refractivity contribution in [1.29, 1.82) is 0 Å². The van der Waals surface area contributed by atoms with Crippen LogP contribution in [0.5, 0.6) is 0 Å². The maximum atomic E-state index is 13.0. The summed E-state index contributed by atoms with van der Waals surface area (Å²) in [5, 5.41) is 5.60. The highest BCUT2D eigenvalue weighted by Gasteiger charge is 2.42. The third kappa shape index (κ3) is 6.20. The molecular weight excluding hydrogens is 494 g/mol. The molecule has 0 atom stereocenters. The Morgan fingerprint density at radius 2 is 1.70 bits per heavy atom. The lowest BCUT2D eigenvalue weighted by molar-refractivity contribution is -0.140. The molecule has 1 aliphatic carbocycles. The lowest BCUT2D eigenvalue weighted by atomic mass is 9.94. The largest absolute Gasteiger partial charge is 0.462 e. The lowest BCUT2D eigenvalue weighted by Crippen LogP contribution is -2.42. The van der Waals surface area contributed by atoms with Crippen molar-refractivity contribution >= 4 is 46.7 Å². The van der Waals surface area contributed by atoms with Crippen LogP contribution in [-0.4, -0.2) is 41.2 Å². The van der Waals surface area contributed by atoms with Gasteiger partial charge in [0.15, 0.2) is 0 Å². The zero-order valence-electron chi connectivity index (χ0n) is 20.7. The first-order valence-electron chi connectivity index (χ1n) is 12.6. The van der Waals surface area contributed by atoms with Crippen LogP contribution in [0, 0.1) is 0 Å². The average Bonchev–Trinajstić information content (AvgIpc) is 3.12. The average molecular weight is 524 g/mol. The van der Waals surface area contributed by atoms with Gasteiger partial charge in [0.1, 0.15) is 10.7 Å². The number of carbonyl (C=O) groups excluding carboxylic acids is 4. The van der Waals surface area contributed by atoms with Crippen LogP contribution in [0.2, 0.25) is 0 Å². The maximum Gasteiger partial charge on any atom is 0.338 e. The van der Waals surface area contributed by atoms with Gasteiger partial charge >= 0.3 is 5.97 Å². The van der Waals surface area contributed by atoms with Gasteiger partial charge in [0.2, 0.25) is 0 Å². The monoisotopic (exact) mass is 523 g/mol. The molecule has 2 aromatic carbocycles. The molecule has 8 nitrogen and oxygen atoms in total. The summed E-state index contributed by atoms with van der Waals surface area (Å²) < 4.78 is 5.22. The van der Waals surface area contributed by atoms with Gasteiger partial charge in [0.05, 0.1) is 12.2 Å². The van der Waals surface area contributed by atoms with Crippen molar-refractivity contribution < 1.29 is 23.9 Å². The van der Waals surface area contributed by atoms with Crippen molar-refractivity contribution in [2.75, 3.05) is 17.2 Å². The van der Waals surface area contributed by atoms with E-state index < -0.39 is 17.8 Å². The molecule has 37 heavy (non-hydrogen) atoms. The Morgan fingerprint density at radius 1 is 0.973 bits per heavy atom. The molecule has 1 aliphatic heterocycles. The molecule has 1 heterocycles. The van der Waals surface area contributed by atoms with Crippen LogP contribution in [0.3, 0.4) is 0 Å². The van der Waals surface area contributed by atoms with Crippen LogP contribution in [0.25, 0.3) is 0 Å². The predicted octanol–water partition coefficient (Wildman–Crippen LogP) is 5.46. The molecule has 0 saturated heterocycles. The van der Waals surface area contributed by atoms with Gasteiger partial charge < -0.3 is 15.4 Å². The van der Waals surface area contributed by atoms with Gasteiger partial charge in [-0.2, -0.15) is 0 Å². The summed E-state index contributed by atoms with van der Waals surface area (Å²) in [5.74, 6) is -1.68. The summed E-state index contributed by atoms with van der Waals surface area (Å²) in [4.78, 5) is 51.8. The van der Waals surface area contributed by atoms with Crippen molar-refractivity contribution in [2.24, 2.45) is 0 Å². The Balaban J connectivity index is 1.38. The first-order chi connectivity index (χ1) is 17.9. The third-order valence-corrected chi connectivity index (χ3v) is 6.85. The zero-order chi connectivity index (χ0) is 26.4. The van der Waals surface area contributed by atoms with E-state index in [1.54, 1.807) is 48.5 Å². The molecule has 0 radical (unpaired) electrons. The number of nitrogens with zero attached hydrogens (tertiary/aromatic N) is 1.